The molecule has 0 fully saturated rings. The Morgan fingerprint density at radius 2 is 1.17 bits per heavy atom. The molecule has 0 aromatic carbocycles. The zero-order valence-electron chi connectivity index (χ0n) is 3.72. The summed E-state index contributed by atoms with van der Waals surface area (Å²) in [6, 6.07) is 0. The van der Waals surface area contributed by atoms with E-state index in [-0.39, 0.29) is 54.5 Å². The molecule has 6 heavy (non-hydrogen) atoms. The van der Waals surface area contributed by atoms with E-state index in [0.29, 0.717) is 0 Å². The molecule has 0 aliphatic heterocycles. The molecule has 37 valence electrons. The summed E-state index contributed by atoms with van der Waals surface area (Å²) in [5.74, 6) is 0. The van der Waals surface area contributed by atoms with E-state index in [0.717, 1.165) is 0 Å². The summed E-state index contributed by atoms with van der Waals surface area (Å²) in [4.78, 5) is 0. The van der Waals surface area contributed by atoms with Crippen LogP contribution in [0.25, 0.3) is 0 Å². The molecular formula is C3H8NVW-. The number of hydrogen-bond acceptors (Lipinski definition) is 1. The van der Waals surface area contributed by atoms with E-state index in [4.69, 9.17) is 0 Å². The van der Waals surface area contributed by atoms with Crippen LogP contribution in [0.3, 0.4) is 0 Å². The van der Waals surface area contributed by atoms with E-state index in [9.17, 15) is 0 Å². The van der Waals surface area contributed by atoms with E-state index in [1.165, 1.54) is 0 Å². The smallest absolute Gasteiger partial charge is 0.726 e. The third-order valence-electron chi connectivity index (χ3n) is 0. The Morgan fingerprint density at radius 1 is 1.17 bits per heavy atom. The number of hydrogen-bond donors (Lipinski definition) is 1. The van der Waals surface area contributed by atoms with Gasteiger partial charge in [-0.2, -0.15) is 0 Å². The second-order valence-corrected chi connectivity index (χ2v) is 0. The van der Waals surface area contributed by atoms with Crippen molar-refractivity contribution in [2.24, 2.45) is 5.73 Å². The van der Waals surface area contributed by atoms with E-state index in [1.54, 1.807) is 0 Å². The fraction of sp³-hybridized carbons (Fsp3) is 0. The molecule has 0 heterocycles. The summed E-state index contributed by atoms with van der Waals surface area (Å²) in [5, 5.41) is 0. The van der Waals surface area contributed by atoms with Crippen LogP contribution in [0.5, 0.6) is 0 Å². The molecule has 0 amide bonds. The largest absolute Gasteiger partial charge is 2.00 e. The first-order valence-corrected chi connectivity index (χ1v) is 0.408. The molecule has 0 saturated heterocycles. The summed E-state index contributed by atoms with van der Waals surface area (Å²) < 4.78 is 0. The van der Waals surface area contributed by atoms with Gasteiger partial charge in [0.1, 0.15) is 0 Å². The normalized spacial score (nSPS) is 1.00. The predicted octanol–water partition coefficient (Wildman–Crippen LogP) is 0.386. The van der Waals surface area contributed by atoms with Crippen molar-refractivity contribution in [2.45, 2.75) is 0 Å². The first-order chi connectivity index (χ1) is 1.00. The fourth-order valence-electron chi connectivity index (χ4n) is 0. The molecule has 0 bridgehead atoms. The van der Waals surface area contributed by atoms with E-state index in [1.807, 2.05) is 0 Å². The maximum atomic E-state index is 4.25. The van der Waals surface area contributed by atoms with Crippen LogP contribution in [0.4, 0.5) is 0 Å². The van der Waals surface area contributed by atoms with Crippen molar-refractivity contribution in [2.75, 3.05) is 0 Å². The Bertz CT molecular complexity index is 10.8. The first kappa shape index (κ1) is 56.4. The second-order valence-electron chi connectivity index (χ2n) is 0. The Hall–Kier alpha value is 1.23. The van der Waals surface area contributed by atoms with Gasteiger partial charge in [0, 0.05) is 21.1 Å². The summed E-state index contributed by atoms with van der Waals surface area (Å²) in [7, 11) is 2.75. The molecule has 0 aliphatic rings. The first-order valence-electron chi connectivity index (χ1n) is 0.408. The molecule has 0 aliphatic carbocycles. The second kappa shape index (κ2) is 112. The van der Waals surface area contributed by atoms with Crippen LogP contribution in [0, 0.1) is 21.9 Å². The van der Waals surface area contributed by atoms with Gasteiger partial charge in [0.05, 0.1) is 0 Å². The molecule has 0 unspecified atom stereocenters. The van der Waals surface area contributed by atoms with Crippen molar-refractivity contribution in [3.05, 3.63) is 21.9 Å². The van der Waals surface area contributed by atoms with Crippen LogP contribution < -0.4 is 5.73 Å². The van der Waals surface area contributed by atoms with E-state index >= 15 is 0 Å². The van der Waals surface area contributed by atoms with Gasteiger partial charge in [0.15, 0.2) is 0 Å². The quantitative estimate of drug-likeness (QED) is 0.642. The van der Waals surface area contributed by atoms with Gasteiger partial charge in [-0.05, 0) is 0 Å². The molecule has 0 aromatic heterocycles. The van der Waals surface area contributed by atoms with Gasteiger partial charge in [-0.25, -0.2) is 0 Å². The van der Waals surface area contributed by atoms with Crippen molar-refractivity contribution in [1.29, 1.82) is 0 Å². The maximum Gasteiger partial charge on any atom is 2.00 e. The predicted molar refractivity (Wildman–Crippen MR) is 20.3 cm³/mol. The molecule has 3 radical (unpaired) electrons. The zero-order valence-corrected chi connectivity index (χ0v) is 8.05. The van der Waals surface area contributed by atoms with Crippen LogP contribution in [-0.2, 0) is 39.6 Å². The van der Waals surface area contributed by atoms with Crippen molar-refractivity contribution in [3.8, 4) is 0 Å². The minimum Gasteiger partial charge on any atom is -0.726 e. The minimum atomic E-state index is 0. The third kappa shape index (κ3) is 61.7. The molecule has 1 nitrogen and oxygen atoms in total. The van der Waals surface area contributed by atoms with Crippen molar-refractivity contribution in [3.63, 3.8) is 0 Å². The number of rotatable bonds is 0. The van der Waals surface area contributed by atoms with Crippen LogP contribution in [0.15, 0.2) is 0 Å². The Balaban J connectivity index is -0.000000000833. The van der Waals surface area contributed by atoms with Gasteiger partial charge in [-0.15, -0.1) is 0 Å². The van der Waals surface area contributed by atoms with Crippen LogP contribution in [0.1, 0.15) is 0 Å². The molecular weight excluding hydrogens is 285 g/mol. The van der Waals surface area contributed by atoms with Gasteiger partial charge < -0.3 is 20.6 Å². The third-order valence-corrected chi connectivity index (χ3v) is 0. The zero-order chi connectivity index (χ0) is 2.00. The Labute approximate surface area is 67.2 Å². The average molecular weight is 293 g/mol. The number of nitrogens with two attached hydrogens (primary N) is 1. The summed E-state index contributed by atoms with van der Waals surface area (Å²) >= 11 is 0. The molecule has 2 N–H and O–H groups in total. The van der Waals surface area contributed by atoms with Crippen LogP contribution in [0.2, 0.25) is 0 Å². The van der Waals surface area contributed by atoms with Gasteiger partial charge in [0.2, 0.25) is 0 Å². The Morgan fingerprint density at radius 3 is 1.17 bits per heavy atom. The monoisotopic (exact) mass is 293 g/mol. The molecule has 3 heteroatoms. The summed E-state index contributed by atoms with van der Waals surface area (Å²) in [6.07, 6.45) is 0. The molecule has 0 atom stereocenters. The van der Waals surface area contributed by atoms with E-state index < -0.39 is 0 Å². The topological polar surface area (TPSA) is 26.0 Å². The summed E-state index contributed by atoms with van der Waals surface area (Å²) in [6.45, 7) is 0. The molecule has 0 saturated carbocycles. The molecule has 0 rings (SSSR count). The average Bonchev–Trinajstić information content (AvgIpc) is 1.00. The van der Waals surface area contributed by atoms with Crippen LogP contribution >= 0.6 is 0 Å². The maximum absolute atomic E-state index is 4.25. The van der Waals surface area contributed by atoms with Crippen molar-refractivity contribution in [1.82, 2.24) is 0 Å². The van der Waals surface area contributed by atoms with Crippen molar-refractivity contribution >= 4 is 0 Å². The van der Waals surface area contributed by atoms with Gasteiger partial charge >= 0.3 is 18.6 Å². The SMILES string of the molecule is [CH-].[CH2-]N.[CH3-].[V+2].[W]. The Kier molecular flexibility index (Phi) is 1050. The molecule has 0 spiro atoms. The summed E-state index contributed by atoms with van der Waals surface area (Å²) in [5.41, 5.74) is 4.25. The fourth-order valence-corrected chi connectivity index (χ4v) is 0. The minimum absolute atomic E-state index is 0. The van der Waals surface area contributed by atoms with E-state index in [2.05, 4.69) is 12.8 Å². The van der Waals surface area contributed by atoms with Gasteiger partial charge in [0.25, 0.3) is 0 Å². The van der Waals surface area contributed by atoms with Gasteiger partial charge in [-0.1, -0.05) is 0 Å². The van der Waals surface area contributed by atoms with Crippen LogP contribution in [-0.4, -0.2) is 0 Å². The van der Waals surface area contributed by atoms with Crippen molar-refractivity contribution < 1.29 is 39.6 Å². The van der Waals surface area contributed by atoms with Gasteiger partial charge in [-0.3, -0.25) is 7.05 Å². The standard InChI is InChI=1S/CH4N.CH3.CH.V.W/c1-2;;;;/h1-2H2;1H3;1H;;/q3*-1;+2;. The molecule has 0 aromatic rings.